The molecule has 0 radical (unpaired) electrons. The number of alkyl carbamates (subject to hydrolysis) is 1. The van der Waals surface area contributed by atoms with E-state index in [0.29, 0.717) is 44.5 Å². The molecule has 2 aliphatic carbocycles. The van der Waals surface area contributed by atoms with Crippen LogP contribution in [0, 0.1) is 5.92 Å². The van der Waals surface area contributed by atoms with Gasteiger partial charge in [0, 0.05) is 19.5 Å². The Morgan fingerprint density at radius 2 is 1.71 bits per heavy atom. The predicted molar refractivity (Wildman–Crippen MR) is 202 cm³/mol. The maximum atomic E-state index is 14.0. The van der Waals surface area contributed by atoms with Crippen LogP contribution in [0.1, 0.15) is 102 Å². The van der Waals surface area contributed by atoms with Crippen molar-refractivity contribution in [1.29, 1.82) is 0 Å². The molecule has 1 unspecified atom stereocenters. The Hall–Kier alpha value is -3.82. The second kappa shape index (κ2) is 19.6. The van der Waals surface area contributed by atoms with E-state index in [1.807, 2.05) is 17.1 Å². The third-order valence-electron chi connectivity index (χ3n) is 10.9. The second-order valence-electron chi connectivity index (χ2n) is 15.1. The van der Waals surface area contributed by atoms with Crippen molar-refractivity contribution in [2.24, 2.45) is 11.7 Å². The van der Waals surface area contributed by atoms with Crippen molar-refractivity contribution in [2.75, 3.05) is 36.5 Å². The number of nitrogens with zero attached hydrogens (tertiary/aromatic N) is 2. The number of hydrogen-bond acceptors (Lipinski definition) is 9. The number of benzene rings is 1. The highest BCUT2D eigenvalue weighted by Crippen LogP contribution is 2.62. The van der Waals surface area contributed by atoms with Crippen LogP contribution < -0.4 is 21.3 Å². The first-order valence-electron chi connectivity index (χ1n) is 19.8. The Balaban J connectivity index is 1.19. The molecule has 2 saturated carbocycles. The van der Waals surface area contributed by atoms with Crippen molar-refractivity contribution in [1.82, 2.24) is 10.2 Å². The molecular formula is C38H55F3N5O9P. The fourth-order valence-electron chi connectivity index (χ4n) is 7.82. The average Bonchev–Trinajstić information content (AvgIpc) is 3.53. The number of amides is 4. The van der Waals surface area contributed by atoms with Gasteiger partial charge in [-0.1, -0.05) is 25.0 Å². The SMILES string of the molecule is CCOP(=O)(O)[C@H]1C[C@H]1/C=C\CCCCC[C@H](NC(=O)OC1CCCC1)C(=O)N1C[C@H](OC(=O)Nc2cc(C(F)(F)F)ccc2N2CCCCC2)C[C@H]1C(N)=O. The van der Waals surface area contributed by atoms with Gasteiger partial charge in [-0.05, 0) is 102 Å². The summed E-state index contributed by atoms with van der Waals surface area (Å²) in [5.74, 6) is -1.44. The summed E-state index contributed by atoms with van der Waals surface area (Å²) in [7, 11) is -3.60. The quantitative estimate of drug-likeness (QED) is 0.0735. The smallest absolute Gasteiger partial charge is 0.416 e. The number of anilines is 2. The zero-order valence-electron chi connectivity index (χ0n) is 31.8. The first-order valence-corrected chi connectivity index (χ1v) is 21.4. The second-order valence-corrected chi connectivity index (χ2v) is 17.1. The first kappa shape index (κ1) is 43.3. The number of hydrogen-bond donors (Lipinski definition) is 4. The largest absolute Gasteiger partial charge is 0.446 e. The zero-order valence-corrected chi connectivity index (χ0v) is 32.7. The highest BCUT2D eigenvalue weighted by molar-refractivity contribution is 7.54. The van der Waals surface area contributed by atoms with Crippen LogP contribution in [0.2, 0.25) is 0 Å². The van der Waals surface area contributed by atoms with Crippen molar-refractivity contribution in [2.45, 2.75) is 133 Å². The van der Waals surface area contributed by atoms with Crippen molar-refractivity contribution in [3.8, 4) is 0 Å². The standard InChI is InChI=1S/C38H55F3N5O9P/c1-2-53-56(51,52)33-21-25(33)13-7-4-3-5-8-16-29(43-36(49)54-27-14-9-10-15-27)35(48)46-24-28(23-32(46)34(42)47)55-37(50)44-30-22-26(38(39,40)41)17-18-31(30)45-19-11-6-12-20-45/h7,13,17-18,22,25,27-29,32-33H,2-6,8-12,14-16,19-21,23-24H2,1H3,(H2,42,47)(H,43,49)(H,44,50)(H,51,52)/b13-7-/t25-,28-,29+,32+,33+/m1/s1. The normalized spacial score (nSPS) is 24.4. The predicted octanol–water partition coefficient (Wildman–Crippen LogP) is 6.85. The van der Waals surface area contributed by atoms with Crippen molar-refractivity contribution in [3.63, 3.8) is 0 Å². The molecule has 4 amide bonds. The number of likely N-dealkylation sites (tertiary alicyclic amines) is 1. The molecule has 5 rings (SSSR count). The van der Waals surface area contributed by atoms with Gasteiger partial charge < -0.3 is 39.7 Å². The summed E-state index contributed by atoms with van der Waals surface area (Å²) in [6.45, 7) is 2.85. The molecule has 2 aliphatic heterocycles. The molecule has 1 aromatic rings. The summed E-state index contributed by atoms with van der Waals surface area (Å²) in [6, 6.07) is 0.920. The molecule has 2 saturated heterocycles. The van der Waals surface area contributed by atoms with Gasteiger partial charge in [0.05, 0.1) is 35.7 Å². The zero-order chi connectivity index (χ0) is 40.5. The molecule has 6 atom stereocenters. The van der Waals surface area contributed by atoms with Gasteiger partial charge in [0.25, 0.3) is 0 Å². The highest BCUT2D eigenvalue weighted by atomic mass is 31.2. The summed E-state index contributed by atoms with van der Waals surface area (Å²) in [5, 5.41) is 5.14. The van der Waals surface area contributed by atoms with E-state index in [-0.39, 0.29) is 49.4 Å². The number of nitrogens with one attached hydrogen (secondary N) is 2. The Bertz CT molecular complexity index is 1620. The fourth-order valence-corrected chi connectivity index (χ4v) is 9.48. The lowest BCUT2D eigenvalue weighted by Gasteiger charge is -2.31. The summed E-state index contributed by atoms with van der Waals surface area (Å²) in [4.78, 5) is 65.8. The van der Waals surface area contributed by atoms with E-state index in [4.69, 9.17) is 19.7 Å². The number of rotatable bonds is 17. The Kier molecular flexibility index (Phi) is 15.1. The van der Waals surface area contributed by atoms with Crippen LogP contribution in [-0.4, -0.2) is 90.0 Å². The van der Waals surface area contributed by atoms with Gasteiger partial charge in [-0.2, -0.15) is 13.2 Å². The molecule has 56 heavy (non-hydrogen) atoms. The fraction of sp³-hybridized carbons (Fsp3) is 0.684. The van der Waals surface area contributed by atoms with Gasteiger partial charge in [0.2, 0.25) is 11.8 Å². The lowest BCUT2D eigenvalue weighted by Crippen LogP contribution is -2.53. The molecule has 2 heterocycles. The van der Waals surface area contributed by atoms with E-state index in [9.17, 15) is 41.8 Å². The summed E-state index contributed by atoms with van der Waals surface area (Å²) in [6.07, 6.45) is 5.55. The minimum atomic E-state index is -4.65. The van der Waals surface area contributed by atoms with Gasteiger partial charge in [-0.3, -0.25) is 19.5 Å². The van der Waals surface area contributed by atoms with E-state index in [0.717, 1.165) is 63.5 Å². The van der Waals surface area contributed by atoms with Crippen LogP contribution >= 0.6 is 7.60 Å². The number of ether oxygens (including phenoxy) is 2. The van der Waals surface area contributed by atoms with Crippen LogP contribution in [0.3, 0.4) is 0 Å². The number of carbonyl (C=O) groups excluding carboxylic acids is 4. The minimum Gasteiger partial charge on any atom is -0.446 e. The molecule has 5 N–H and O–H groups in total. The molecule has 0 bridgehead atoms. The number of carbonyl (C=O) groups is 4. The third-order valence-corrected chi connectivity index (χ3v) is 12.9. The van der Waals surface area contributed by atoms with E-state index < -0.39 is 61.5 Å². The van der Waals surface area contributed by atoms with E-state index >= 15 is 0 Å². The third kappa shape index (κ3) is 12.1. The van der Waals surface area contributed by atoms with Gasteiger partial charge in [0.15, 0.2) is 0 Å². The number of allylic oxidation sites excluding steroid dienone is 2. The molecule has 0 aromatic heterocycles. The Labute approximate surface area is 325 Å². The molecule has 312 valence electrons. The molecule has 14 nitrogen and oxygen atoms in total. The molecular weight excluding hydrogens is 758 g/mol. The molecule has 1 aromatic carbocycles. The lowest BCUT2D eigenvalue weighted by atomic mass is 10.0. The van der Waals surface area contributed by atoms with Gasteiger partial charge in [-0.15, -0.1) is 0 Å². The molecule has 4 fully saturated rings. The van der Waals surface area contributed by atoms with Gasteiger partial charge >= 0.3 is 26.0 Å². The summed E-state index contributed by atoms with van der Waals surface area (Å²) in [5.41, 5.74) is 4.74. The first-order chi connectivity index (χ1) is 26.7. The van der Waals surface area contributed by atoms with Crippen LogP contribution in [-0.2, 0) is 34.3 Å². The van der Waals surface area contributed by atoms with Crippen molar-refractivity contribution >= 4 is 43.0 Å². The maximum absolute atomic E-state index is 14.0. The summed E-state index contributed by atoms with van der Waals surface area (Å²) >= 11 is 0. The van der Waals surface area contributed by atoms with Crippen molar-refractivity contribution in [3.05, 3.63) is 35.9 Å². The molecule has 0 spiro atoms. The lowest BCUT2D eigenvalue weighted by molar-refractivity contribution is -0.139. The minimum absolute atomic E-state index is 0.00428. The summed E-state index contributed by atoms with van der Waals surface area (Å²) < 4.78 is 69.2. The van der Waals surface area contributed by atoms with E-state index in [1.165, 1.54) is 11.0 Å². The number of alkyl halides is 3. The van der Waals surface area contributed by atoms with Crippen molar-refractivity contribution < 1.29 is 55.8 Å². The number of primary amides is 1. The maximum Gasteiger partial charge on any atom is 0.416 e. The molecule has 4 aliphatic rings. The van der Waals surface area contributed by atoms with Crippen LogP contribution in [0.15, 0.2) is 30.4 Å². The Morgan fingerprint density at radius 3 is 2.39 bits per heavy atom. The number of nitrogens with two attached hydrogens (primary N) is 1. The van der Waals surface area contributed by atoms with E-state index in [1.54, 1.807) is 6.92 Å². The van der Waals surface area contributed by atoms with E-state index in [2.05, 4.69) is 10.6 Å². The number of unbranched alkanes of at least 4 members (excludes halogenated alkanes) is 3. The topological polar surface area (TPSA) is 190 Å². The average molecular weight is 814 g/mol. The monoisotopic (exact) mass is 813 g/mol. The van der Waals surface area contributed by atoms with Crippen LogP contribution in [0.4, 0.5) is 34.1 Å². The highest BCUT2D eigenvalue weighted by Gasteiger charge is 2.49. The van der Waals surface area contributed by atoms with Gasteiger partial charge in [-0.25, -0.2) is 9.59 Å². The number of halogens is 3. The van der Waals surface area contributed by atoms with Gasteiger partial charge in [0.1, 0.15) is 24.3 Å². The van der Waals surface area contributed by atoms with Crippen LogP contribution in [0.25, 0.3) is 0 Å². The Morgan fingerprint density at radius 1 is 1.00 bits per heavy atom. The van der Waals surface area contributed by atoms with Crippen LogP contribution in [0.5, 0.6) is 0 Å². The number of piperidine rings is 1. The molecule has 18 heteroatoms.